The van der Waals surface area contributed by atoms with E-state index in [-0.39, 0.29) is 17.5 Å². The molecule has 0 bridgehead atoms. The van der Waals surface area contributed by atoms with E-state index >= 15 is 0 Å². The van der Waals surface area contributed by atoms with Crippen LogP contribution in [0.5, 0.6) is 0 Å². The second kappa shape index (κ2) is 6.79. The molecular formula is C19H20FN5O2. The van der Waals surface area contributed by atoms with E-state index in [0.29, 0.717) is 17.0 Å². The minimum Gasteiger partial charge on any atom is -0.480 e. The van der Waals surface area contributed by atoms with Crippen molar-refractivity contribution < 1.29 is 14.3 Å². The lowest BCUT2D eigenvalue weighted by atomic mass is 9.86. The Morgan fingerprint density at radius 1 is 1.19 bits per heavy atom. The summed E-state index contributed by atoms with van der Waals surface area (Å²) in [6.07, 6.45) is 2.95. The van der Waals surface area contributed by atoms with Gasteiger partial charge in [0.05, 0.1) is 12.0 Å². The second-order valence-corrected chi connectivity index (χ2v) is 7.27. The number of carboxylic acids is 1. The molecule has 0 fully saturated rings. The summed E-state index contributed by atoms with van der Waals surface area (Å²) in [5.74, 6) is -0.878. The van der Waals surface area contributed by atoms with Crippen molar-refractivity contribution in [1.29, 1.82) is 0 Å². The molecule has 3 rings (SSSR count). The van der Waals surface area contributed by atoms with E-state index in [0.717, 1.165) is 0 Å². The summed E-state index contributed by atoms with van der Waals surface area (Å²) in [7, 11) is 0. The molecule has 27 heavy (non-hydrogen) atoms. The molecule has 7 nitrogen and oxygen atoms in total. The van der Waals surface area contributed by atoms with Crippen molar-refractivity contribution in [3.8, 4) is 22.8 Å². The number of anilines is 1. The first-order valence-corrected chi connectivity index (χ1v) is 8.33. The molecule has 1 atom stereocenters. The van der Waals surface area contributed by atoms with Gasteiger partial charge < -0.3 is 15.4 Å². The van der Waals surface area contributed by atoms with Crippen LogP contribution in [0.1, 0.15) is 26.8 Å². The van der Waals surface area contributed by atoms with Crippen molar-refractivity contribution in [2.45, 2.75) is 26.8 Å². The molecule has 0 radical (unpaired) electrons. The third kappa shape index (κ3) is 3.64. The van der Waals surface area contributed by atoms with Gasteiger partial charge in [0.2, 0.25) is 0 Å². The van der Waals surface area contributed by atoms with Crippen molar-refractivity contribution in [2.24, 2.45) is 5.41 Å². The van der Waals surface area contributed by atoms with Gasteiger partial charge in [0.25, 0.3) is 0 Å². The van der Waals surface area contributed by atoms with Crippen molar-refractivity contribution in [1.82, 2.24) is 19.5 Å². The molecular weight excluding hydrogens is 349 g/mol. The van der Waals surface area contributed by atoms with Crippen molar-refractivity contribution in [3.05, 3.63) is 48.7 Å². The van der Waals surface area contributed by atoms with E-state index in [1.54, 1.807) is 18.2 Å². The smallest absolute Gasteiger partial charge is 0.327 e. The molecule has 2 aromatic heterocycles. The first kappa shape index (κ1) is 18.5. The molecule has 2 heterocycles. The number of carboxylic acid groups (broad SMARTS) is 1. The number of nitrogens with two attached hydrogens (primary N) is 1. The largest absolute Gasteiger partial charge is 0.480 e. The van der Waals surface area contributed by atoms with Gasteiger partial charge in [0, 0.05) is 11.8 Å². The van der Waals surface area contributed by atoms with Crippen LogP contribution in [0.3, 0.4) is 0 Å². The summed E-state index contributed by atoms with van der Waals surface area (Å²) in [6, 6.07) is 6.41. The van der Waals surface area contributed by atoms with E-state index in [4.69, 9.17) is 5.73 Å². The highest BCUT2D eigenvalue weighted by molar-refractivity contribution is 5.79. The van der Waals surface area contributed by atoms with Crippen molar-refractivity contribution in [3.63, 3.8) is 0 Å². The lowest BCUT2D eigenvalue weighted by Gasteiger charge is -2.29. The number of aliphatic carboxylic acids is 1. The standard InChI is InChI=1S/C19H20FN5O2/c1-19(2,3)16(18(26)27)25-10-23-14(11-4-6-12(20)7-5-11)15(25)17-22-9-8-13(21)24-17/h4-10,16H,1-3H3,(H,26,27)(H2,21,22,24). The van der Waals surface area contributed by atoms with Crippen LogP contribution in [0.4, 0.5) is 10.2 Å². The zero-order valence-corrected chi connectivity index (χ0v) is 15.2. The zero-order valence-electron chi connectivity index (χ0n) is 15.2. The van der Waals surface area contributed by atoms with Gasteiger partial charge >= 0.3 is 5.97 Å². The molecule has 3 aromatic rings. The molecule has 0 spiro atoms. The predicted octanol–water partition coefficient (Wildman–Crippen LogP) is 3.40. The lowest BCUT2D eigenvalue weighted by Crippen LogP contribution is -2.31. The number of carbonyl (C=O) groups is 1. The molecule has 0 aliphatic rings. The molecule has 1 unspecified atom stereocenters. The average molecular weight is 369 g/mol. The van der Waals surface area contributed by atoms with E-state index in [2.05, 4.69) is 15.0 Å². The first-order valence-electron chi connectivity index (χ1n) is 8.33. The van der Waals surface area contributed by atoms with Crippen LogP contribution in [-0.2, 0) is 4.79 Å². The van der Waals surface area contributed by atoms with Gasteiger partial charge in [-0.3, -0.25) is 0 Å². The number of hydrogen-bond donors (Lipinski definition) is 2. The lowest BCUT2D eigenvalue weighted by molar-refractivity contribution is -0.144. The maximum Gasteiger partial charge on any atom is 0.327 e. The molecule has 8 heteroatoms. The third-order valence-corrected chi connectivity index (χ3v) is 4.13. The van der Waals surface area contributed by atoms with Crippen LogP contribution in [0.15, 0.2) is 42.9 Å². The Morgan fingerprint density at radius 3 is 2.41 bits per heavy atom. The fourth-order valence-corrected chi connectivity index (χ4v) is 2.99. The van der Waals surface area contributed by atoms with Crippen LogP contribution in [0, 0.1) is 11.2 Å². The Morgan fingerprint density at radius 2 is 1.85 bits per heavy atom. The van der Waals surface area contributed by atoms with E-state index in [9.17, 15) is 14.3 Å². The van der Waals surface area contributed by atoms with E-state index < -0.39 is 17.4 Å². The molecule has 0 saturated carbocycles. The molecule has 0 amide bonds. The van der Waals surface area contributed by atoms with Crippen LogP contribution < -0.4 is 5.73 Å². The maximum absolute atomic E-state index is 13.3. The minimum atomic E-state index is -1.00. The summed E-state index contributed by atoms with van der Waals surface area (Å²) in [6.45, 7) is 5.48. The second-order valence-electron chi connectivity index (χ2n) is 7.27. The number of rotatable bonds is 4. The van der Waals surface area contributed by atoms with Crippen molar-refractivity contribution >= 4 is 11.8 Å². The molecule has 140 valence electrons. The summed E-state index contributed by atoms with van der Waals surface area (Å²) >= 11 is 0. The molecule has 0 aliphatic carbocycles. The summed E-state index contributed by atoms with van der Waals surface area (Å²) in [5.41, 5.74) is 6.68. The number of imidazole rings is 1. The summed E-state index contributed by atoms with van der Waals surface area (Å²) < 4.78 is 14.9. The Labute approximate surface area is 155 Å². The number of hydrogen-bond acceptors (Lipinski definition) is 5. The van der Waals surface area contributed by atoms with Gasteiger partial charge in [0.15, 0.2) is 5.82 Å². The van der Waals surface area contributed by atoms with Crippen LogP contribution in [0.25, 0.3) is 22.8 Å². The Balaban J connectivity index is 2.29. The van der Waals surface area contributed by atoms with Gasteiger partial charge in [-0.15, -0.1) is 0 Å². The highest BCUT2D eigenvalue weighted by atomic mass is 19.1. The fraction of sp³-hybridized carbons (Fsp3) is 0.263. The number of benzene rings is 1. The highest BCUT2D eigenvalue weighted by Crippen LogP contribution is 2.38. The monoisotopic (exact) mass is 369 g/mol. The molecule has 3 N–H and O–H groups in total. The number of halogens is 1. The van der Waals surface area contributed by atoms with Gasteiger partial charge in [0.1, 0.15) is 23.4 Å². The number of nitrogens with zero attached hydrogens (tertiary/aromatic N) is 4. The summed E-state index contributed by atoms with van der Waals surface area (Å²) in [5, 5.41) is 9.84. The number of nitrogen functional groups attached to an aromatic ring is 1. The molecule has 0 saturated heterocycles. The molecule has 1 aromatic carbocycles. The topological polar surface area (TPSA) is 107 Å². The van der Waals surface area contributed by atoms with E-state index in [1.165, 1.54) is 29.2 Å². The third-order valence-electron chi connectivity index (χ3n) is 4.13. The fourth-order valence-electron chi connectivity index (χ4n) is 2.99. The van der Waals surface area contributed by atoms with E-state index in [1.807, 2.05) is 20.8 Å². The SMILES string of the molecule is CC(C)(C)C(C(=O)O)n1cnc(-c2ccc(F)cc2)c1-c1nccc(N)n1. The first-order chi connectivity index (χ1) is 12.7. The average Bonchev–Trinajstić information content (AvgIpc) is 2.98. The van der Waals surface area contributed by atoms with Crippen molar-refractivity contribution in [2.75, 3.05) is 5.73 Å². The maximum atomic E-state index is 13.3. The Kier molecular flexibility index (Phi) is 4.65. The van der Waals surface area contributed by atoms with Crippen LogP contribution in [0.2, 0.25) is 0 Å². The van der Waals surface area contributed by atoms with Crippen LogP contribution >= 0.6 is 0 Å². The van der Waals surface area contributed by atoms with Crippen LogP contribution in [-0.4, -0.2) is 30.6 Å². The van der Waals surface area contributed by atoms with Gasteiger partial charge in [-0.05, 0) is 35.7 Å². The number of aromatic nitrogens is 4. The molecule has 0 aliphatic heterocycles. The Hall–Kier alpha value is -3.29. The Bertz CT molecular complexity index is 977. The normalized spacial score (nSPS) is 12.7. The predicted molar refractivity (Wildman–Crippen MR) is 99.2 cm³/mol. The minimum absolute atomic E-state index is 0.250. The van der Waals surface area contributed by atoms with Gasteiger partial charge in [-0.1, -0.05) is 20.8 Å². The summed E-state index contributed by atoms with van der Waals surface area (Å²) in [4.78, 5) is 24.9. The zero-order chi connectivity index (χ0) is 19.8. The van der Waals surface area contributed by atoms with Gasteiger partial charge in [-0.25, -0.2) is 24.1 Å². The quantitative estimate of drug-likeness (QED) is 0.730. The van der Waals surface area contributed by atoms with Gasteiger partial charge in [-0.2, -0.15) is 0 Å². The highest BCUT2D eigenvalue weighted by Gasteiger charge is 2.36.